The lowest BCUT2D eigenvalue weighted by Crippen LogP contribution is -2.25. The monoisotopic (exact) mass is 117 g/mol. The molecule has 0 aromatic carbocycles. The maximum atomic E-state index is 5.16. The number of hydrogen-bond donors (Lipinski definition) is 0. The Morgan fingerprint density at radius 2 is 1.86 bits per heavy atom. The average Bonchev–Trinajstić information content (AvgIpc) is 1.69. The van der Waals surface area contributed by atoms with Gasteiger partial charge in [0.2, 0.25) is 0 Å². The van der Waals surface area contributed by atoms with Crippen molar-refractivity contribution in [3.63, 3.8) is 0 Å². The summed E-state index contributed by atoms with van der Waals surface area (Å²) in [7, 11) is -0.793. The molecule has 1 aliphatic rings. The van der Waals surface area contributed by atoms with Gasteiger partial charge in [-0.25, -0.2) is 0 Å². The minimum absolute atomic E-state index is 0.793. The van der Waals surface area contributed by atoms with Crippen LogP contribution < -0.4 is 0 Å². The van der Waals surface area contributed by atoms with Gasteiger partial charge in [0.25, 0.3) is 0 Å². The van der Waals surface area contributed by atoms with Crippen molar-refractivity contribution in [1.29, 1.82) is 0 Å². The smallest absolute Gasteiger partial charge is 0.381 e. The molecule has 1 fully saturated rings. The highest BCUT2D eigenvalue weighted by Crippen LogP contribution is 1.98. The van der Waals surface area contributed by atoms with Gasteiger partial charge in [-0.3, -0.25) is 0 Å². The molecule has 0 unspecified atom stereocenters. The van der Waals surface area contributed by atoms with Gasteiger partial charge in [-0.15, -0.1) is 0 Å². The predicted octanol–water partition coefficient (Wildman–Crippen LogP) is 0.541. The summed E-state index contributed by atoms with van der Waals surface area (Å²) >= 11 is 0. The summed E-state index contributed by atoms with van der Waals surface area (Å²) in [6, 6.07) is 0. The van der Waals surface area contributed by atoms with Crippen molar-refractivity contribution < 1.29 is 8.85 Å². The Morgan fingerprint density at radius 3 is 2.14 bits per heavy atom. The van der Waals surface area contributed by atoms with Crippen LogP contribution in [0, 0.1) is 0 Å². The lowest BCUT2D eigenvalue weighted by atomic mass is 10.5. The van der Waals surface area contributed by atoms with Gasteiger partial charge >= 0.3 is 9.28 Å². The molecular formula is C4H9O2Si. The van der Waals surface area contributed by atoms with Crippen LogP contribution in [0.1, 0.15) is 6.42 Å². The van der Waals surface area contributed by atoms with Crippen LogP contribution in [0.4, 0.5) is 0 Å². The molecule has 1 aliphatic heterocycles. The molecule has 2 nitrogen and oxygen atoms in total. The first-order valence-electron chi connectivity index (χ1n) is 2.49. The molecule has 0 bridgehead atoms. The lowest BCUT2D eigenvalue weighted by molar-refractivity contribution is 0.138. The summed E-state index contributed by atoms with van der Waals surface area (Å²) in [6.45, 7) is 3.83. The van der Waals surface area contributed by atoms with Crippen LogP contribution in [-0.2, 0) is 8.85 Å². The molecule has 0 N–H and O–H groups in total. The van der Waals surface area contributed by atoms with Gasteiger partial charge in [0.15, 0.2) is 0 Å². The minimum Gasteiger partial charge on any atom is -0.393 e. The summed E-state index contributed by atoms with van der Waals surface area (Å²) in [5, 5.41) is 0. The average molecular weight is 117 g/mol. The zero-order chi connectivity index (χ0) is 5.11. The summed E-state index contributed by atoms with van der Waals surface area (Å²) in [5.41, 5.74) is 0. The van der Waals surface area contributed by atoms with Crippen LogP contribution >= 0.6 is 0 Å². The van der Waals surface area contributed by atoms with E-state index in [-0.39, 0.29) is 0 Å². The van der Waals surface area contributed by atoms with Crippen molar-refractivity contribution in [2.75, 3.05) is 13.2 Å². The molecular weight excluding hydrogens is 108 g/mol. The van der Waals surface area contributed by atoms with Gasteiger partial charge in [0.05, 0.1) is 0 Å². The fourth-order valence-corrected chi connectivity index (χ4v) is 1.48. The summed E-state index contributed by atoms with van der Waals surface area (Å²) in [4.78, 5) is 0. The zero-order valence-corrected chi connectivity index (χ0v) is 5.44. The van der Waals surface area contributed by atoms with E-state index in [0.717, 1.165) is 19.6 Å². The van der Waals surface area contributed by atoms with Gasteiger partial charge in [-0.1, -0.05) is 0 Å². The van der Waals surface area contributed by atoms with Crippen molar-refractivity contribution in [2.45, 2.75) is 13.0 Å². The van der Waals surface area contributed by atoms with E-state index < -0.39 is 9.28 Å². The molecule has 1 heterocycles. The van der Waals surface area contributed by atoms with Crippen LogP contribution in [0.25, 0.3) is 0 Å². The second kappa shape index (κ2) is 2.45. The van der Waals surface area contributed by atoms with Crippen LogP contribution in [0.2, 0.25) is 6.55 Å². The first-order valence-corrected chi connectivity index (χ1v) is 4.30. The van der Waals surface area contributed by atoms with Crippen LogP contribution in [-0.4, -0.2) is 22.5 Å². The van der Waals surface area contributed by atoms with Gasteiger partial charge < -0.3 is 8.85 Å². The normalized spacial score (nSPS) is 25.3. The third-order valence-electron chi connectivity index (χ3n) is 0.899. The van der Waals surface area contributed by atoms with Crippen molar-refractivity contribution in [3.8, 4) is 0 Å². The van der Waals surface area contributed by atoms with E-state index in [0.29, 0.717) is 0 Å². The van der Waals surface area contributed by atoms with Crippen molar-refractivity contribution in [3.05, 3.63) is 0 Å². The van der Waals surface area contributed by atoms with Crippen molar-refractivity contribution in [1.82, 2.24) is 0 Å². The Bertz CT molecular complexity index is 51.7. The summed E-state index contributed by atoms with van der Waals surface area (Å²) in [5.74, 6) is 0. The summed E-state index contributed by atoms with van der Waals surface area (Å²) < 4.78 is 10.3. The second-order valence-electron chi connectivity index (χ2n) is 1.54. The van der Waals surface area contributed by atoms with E-state index in [2.05, 4.69) is 0 Å². The second-order valence-corrected chi connectivity index (χ2v) is 3.10. The highest BCUT2D eigenvalue weighted by Gasteiger charge is 2.11. The molecule has 7 heavy (non-hydrogen) atoms. The fourth-order valence-electron chi connectivity index (χ4n) is 0.532. The predicted molar refractivity (Wildman–Crippen MR) is 28.1 cm³/mol. The first kappa shape index (κ1) is 5.28. The topological polar surface area (TPSA) is 18.5 Å². The number of hydrogen-bond acceptors (Lipinski definition) is 2. The largest absolute Gasteiger partial charge is 0.393 e. The van der Waals surface area contributed by atoms with E-state index >= 15 is 0 Å². The van der Waals surface area contributed by atoms with Crippen molar-refractivity contribution >= 4 is 9.28 Å². The maximum absolute atomic E-state index is 5.16. The Hall–Kier alpha value is 0.137. The van der Waals surface area contributed by atoms with Gasteiger partial charge in [0, 0.05) is 13.2 Å². The fraction of sp³-hybridized carbons (Fsp3) is 1.00. The molecule has 0 aromatic heterocycles. The molecule has 0 amide bonds. The van der Waals surface area contributed by atoms with Gasteiger partial charge in [-0.2, -0.15) is 0 Å². The first-order chi connectivity index (χ1) is 3.39. The molecule has 1 saturated heterocycles. The van der Waals surface area contributed by atoms with Crippen LogP contribution in [0.5, 0.6) is 0 Å². The van der Waals surface area contributed by atoms with E-state index in [1.165, 1.54) is 0 Å². The zero-order valence-electron chi connectivity index (χ0n) is 4.44. The Balaban J connectivity index is 2.12. The molecule has 0 saturated carbocycles. The van der Waals surface area contributed by atoms with Gasteiger partial charge in [-0.05, 0) is 13.0 Å². The van der Waals surface area contributed by atoms with Gasteiger partial charge in [0.1, 0.15) is 0 Å². The minimum atomic E-state index is -0.793. The quantitative estimate of drug-likeness (QED) is 0.431. The van der Waals surface area contributed by atoms with Crippen molar-refractivity contribution in [2.24, 2.45) is 0 Å². The summed E-state index contributed by atoms with van der Waals surface area (Å²) in [6.07, 6.45) is 1.07. The molecule has 1 rings (SSSR count). The molecule has 3 heteroatoms. The molecule has 1 radical (unpaired) electrons. The molecule has 0 aliphatic carbocycles. The molecule has 0 aromatic rings. The van der Waals surface area contributed by atoms with E-state index in [4.69, 9.17) is 8.85 Å². The lowest BCUT2D eigenvalue weighted by Gasteiger charge is -2.15. The highest BCUT2D eigenvalue weighted by atomic mass is 28.3. The highest BCUT2D eigenvalue weighted by molar-refractivity contribution is 6.42. The van der Waals surface area contributed by atoms with E-state index in [9.17, 15) is 0 Å². The third-order valence-corrected chi connectivity index (χ3v) is 2.12. The molecule has 41 valence electrons. The SMILES string of the molecule is C[Si]1OCCCO1. The Kier molecular flexibility index (Phi) is 1.84. The van der Waals surface area contributed by atoms with E-state index in [1.54, 1.807) is 0 Å². The van der Waals surface area contributed by atoms with Crippen LogP contribution in [0.3, 0.4) is 0 Å². The number of rotatable bonds is 0. The maximum Gasteiger partial charge on any atom is 0.381 e. The molecule has 0 spiro atoms. The van der Waals surface area contributed by atoms with Crippen LogP contribution in [0.15, 0.2) is 0 Å². The Labute approximate surface area is 45.3 Å². The molecule has 0 atom stereocenters. The third kappa shape index (κ3) is 1.59. The van der Waals surface area contributed by atoms with E-state index in [1.807, 2.05) is 6.55 Å². The Morgan fingerprint density at radius 1 is 1.29 bits per heavy atom. The standard InChI is InChI=1S/C4H9O2Si/c1-7-5-3-2-4-6-7/h2-4H2,1H3.